The first-order valence-electron chi connectivity index (χ1n) is 11.3. The molecule has 0 aliphatic heterocycles. The van der Waals surface area contributed by atoms with Crippen molar-refractivity contribution in [3.8, 4) is 23.0 Å². The van der Waals surface area contributed by atoms with Crippen molar-refractivity contribution in [2.24, 2.45) is 5.41 Å². The molecule has 0 saturated heterocycles. The second-order valence-electron chi connectivity index (χ2n) is 8.10. The zero-order valence-electron chi connectivity index (χ0n) is 19.2. The molecule has 4 nitrogen and oxygen atoms in total. The molecule has 0 saturated carbocycles. The molecule has 34 heavy (non-hydrogen) atoms. The summed E-state index contributed by atoms with van der Waals surface area (Å²) in [6, 6.07) is 21.8. The van der Waals surface area contributed by atoms with Crippen LogP contribution in [0.4, 0.5) is 0 Å². The average molecular weight is 517 g/mol. The highest BCUT2D eigenvalue weighted by Gasteiger charge is 2.54. The zero-order valence-corrected chi connectivity index (χ0v) is 20.8. The molecule has 5 heteroatoms. The van der Waals surface area contributed by atoms with Gasteiger partial charge >= 0.3 is 11.9 Å². The Kier molecular flexibility index (Phi) is 7.19. The van der Waals surface area contributed by atoms with Gasteiger partial charge in [-0.25, -0.2) is 0 Å². The van der Waals surface area contributed by atoms with Gasteiger partial charge in [-0.05, 0) is 54.3 Å². The minimum absolute atomic E-state index is 0.179. The lowest BCUT2D eigenvalue weighted by molar-refractivity contribution is -0.171. The van der Waals surface area contributed by atoms with Crippen LogP contribution < -0.4 is 0 Å². The van der Waals surface area contributed by atoms with Crippen LogP contribution in [-0.4, -0.2) is 25.2 Å². The predicted molar refractivity (Wildman–Crippen MR) is 135 cm³/mol. The third-order valence-electron chi connectivity index (χ3n) is 5.97. The molecule has 0 aromatic heterocycles. The third-order valence-corrected chi connectivity index (χ3v) is 6.68. The number of ether oxygens (including phenoxy) is 2. The number of esters is 2. The average Bonchev–Trinajstić information content (AvgIpc) is 3.28. The van der Waals surface area contributed by atoms with Gasteiger partial charge in [-0.15, -0.1) is 0 Å². The number of fused-ring (bicyclic) bond motifs is 1. The molecule has 3 aromatic carbocycles. The molecule has 0 N–H and O–H groups in total. The van der Waals surface area contributed by atoms with Gasteiger partial charge in [0.2, 0.25) is 0 Å². The molecular formula is C29H25BrO4. The number of hydrogen-bond acceptors (Lipinski definition) is 4. The minimum atomic E-state index is -1.42. The van der Waals surface area contributed by atoms with E-state index < -0.39 is 17.4 Å². The molecule has 0 fully saturated rings. The highest BCUT2D eigenvalue weighted by atomic mass is 79.9. The summed E-state index contributed by atoms with van der Waals surface area (Å²) in [5.74, 6) is 5.51. The van der Waals surface area contributed by atoms with E-state index in [2.05, 4.69) is 27.8 Å². The highest BCUT2D eigenvalue weighted by Crippen LogP contribution is 2.46. The molecular weight excluding hydrogens is 492 g/mol. The maximum atomic E-state index is 13.1. The minimum Gasteiger partial charge on any atom is -0.465 e. The van der Waals surface area contributed by atoms with Gasteiger partial charge in [0.05, 0.1) is 13.2 Å². The number of carbonyl (C=O) groups excluding carboxylic acids is 2. The van der Waals surface area contributed by atoms with Crippen LogP contribution >= 0.6 is 15.9 Å². The Balaban J connectivity index is 1.92. The number of hydrogen-bond donors (Lipinski definition) is 0. The lowest BCUT2D eigenvalue weighted by Gasteiger charge is -2.24. The maximum Gasteiger partial charge on any atom is 0.324 e. The summed E-state index contributed by atoms with van der Waals surface area (Å²) < 4.78 is 11.6. The number of halogens is 1. The van der Waals surface area contributed by atoms with Crippen molar-refractivity contribution in [1.82, 2.24) is 0 Å². The Hall–Kier alpha value is -3.36. The van der Waals surface area contributed by atoms with Gasteiger partial charge < -0.3 is 9.47 Å². The van der Waals surface area contributed by atoms with Crippen LogP contribution in [0, 0.1) is 17.3 Å². The van der Waals surface area contributed by atoms with Gasteiger partial charge in [0.15, 0.2) is 5.41 Å². The smallest absolute Gasteiger partial charge is 0.324 e. The summed E-state index contributed by atoms with van der Waals surface area (Å²) in [7, 11) is 0. The van der Waals surface area contributed by atoms with Crippen LogP contribution in [0.3, 0.4) is 0 Å². The lowest BCUT2D eigenvalue weighted by atomic mass is 9.84. The second kappa shape index (κ2) is 10.3. The van der Waals surface area contributed by atoms with E-state index in [1.165, 1.54) is 0 Å². The molecule has 0 amide bonds. The van der Waals surface area contributed by atoms with Gasteiger partial charge in [-0.1, -0.05) is 76.3 Å². The predicted octanol–water partition coefficient (Wildman–Crippen LogP) is 5.73. The van der Waals surface area contributed by atoms with Crippen molar-refractivity contribution in [1.29, 1.82) is 0 Å². The maximum absolute atomic E-state index is 13.1. The largest absolute Gasteiger partial charge is 0.465 e. The van der Waals surface area contributed by atoms with E-state index >= 15 is 0 Å². The molecule has 0 atom stereocenters. The molecule has 0 spiro atoms. The Morgan fingerprint density at radius 3 is 2.00 bits per heavy atom. The standard InChI is InChI=1S/C29H25BrO4/c1-3-33-27(31)29(28(32)34-4-2)18-24-22(16-15-20-11-7-5-8-12-20)23(17-26(30)25(24)19-29)21-13-9-6-10-14-21/h5-14,17H,3-4,18-19H2,1-2H3. The lowest BCUT2D eigenvalue weighted by Crippen LogP contribution is -2.43. The molecule has 4 rings (SSSR count). The number of rotatable bonds is 5. The molecule has 3 aromatic rings. The van der Waals surface area contributed by atoms with Crippen molar-refractivity contribution in [2.75, 3.05) is 13.2 Å². The van der Waals surface area contributed by atoms with Crippen LogP contribution in [0.5, 0.6) is 0 Å². The summed E-state index contributed by atoms with van der Waals surface area (Å²) in [4.78, 5) is 26.3. The Morgan fingerprint density at radius 1 is 0.853 bits per heavy atom. The number of benzene rings is 3. The summed E-state index contributed by atoms with van der Waals surface area (Å²) in [6.07, 6.45) is 0.383. The van der Waals surface area contributed by atoms with E-state index in [-0.39, 0.29) is 26.1 Å². The van der Waals surface area contributed by atoms with Gasteiger partial charge in [0, 0.05) is 28.4 Å². The molecule has 0 bridgehead atoms. The van der Waals surface area contributed by atoms with Crippen LogP contribution in [0.15, 0.2) is 71.2 Å². The SMILES string of the molecule is CCOC(=O)C1(C(=O)OCC)Cc2c(Br)cc(-c3ccccc3)c(C#Cc3ccccc3)c2C1. The molecule has 0 unspecified atom stereocenters. The summed E-state index contributed by atoms with van der Waals surface area (Å²) >= 11 is 3.70. The fraction of sp³-hybridized carbons (Fsp3) is 0.241. The summed E-state index contributed by atoms with van der Waals surface area (Å²) in [6.45, 7) is 3.85. The van der Waals surface area contributed by atoms with Crippen LogP contribution in [0.2, 0.25) is 0 Å². The molecule has 0 heterocycles. The first-order valence-corrected chi connectivity index (χ1v) is 12.1. The summed E-state index contributed by atoms with van der Waals surface area (Å²) in [5, 5.41) is 0. The van der Waals surface area contributed by atoms with E-state index in [1.54, 1.807) is 13.8 Å². The monoisotopic (exact) mass is 516 g/mol. The van der Waals surface area contributed by atoms with Crippen molar-refractivity contribution in [2.45, 2.75) is 26.7 Å². The Morgan fingerprint density at radius 2 is 1.41 bits per heavy atom. The van der Waals surface area contributed by atoms with E-state index in [1.807, 2.05) is 66.7 Å². The van der Waals surface area contributed by atoms with E-state index in [4.69, 9.17) is 9.47 Å². The van der Waals surface area contributed by atoms with Crippen molar-refractivity contribution >= 4 is 27.9 Å². The van der Waals surface area contributed by atoms with Gasteiger partial charge in [0.25, 0.3) is 0 Å². The zero-order chi connectivity index (χ0) is 24.1. The van der Waals surface area contributed by atoms with Crippen molar-refractivity contribution in [3.05, 3.63) is 93.5 Å². The van der Waals surface area contributed by atoms with Gasteiger partial charge in [-0.3, -0.25) is 9.59 Å². The fourth-order valence-electron chi connectivity index (χ4n) is 4.35. The molecule has 1 aliphatic carbocycles. The van der Waals surface area contributed by atoms with Crippen LogP contribution in [-0.2, 0) is 31.9 Å². The number of carbonyl (C=O) groups is 2. The molecule has 172 valence electrons. The topological polar surface area (TPSA) is 52.6 Å². The van der Waals surface area contributed by atoms with Crippen LogP contribution in [0.1, 0.15) is 36.1 Å². The van der Waals surface area contributed by atoms with Crippen molar-refractivity contribution < 1.29 is 19.1 Å². The Bertz CT molecular complexity index is 1250. The van der Waals surface area contributed by atoms with E-state index in [0.717, 1.165) is 37.9 Å². The summed E-state index contributed by atoms with van der Waals surface area (Å²) in [5.41, 5.74) is 3.99. The quantitative estimate of drug-likeness (QED) is 0.247. The van der Waals surface area contributed by atoms with Crippen LogP contribution in [0.25, 0.3) is 11.1 Å². The first-order chi connectivity index (χ1) is 16.5. The Labute approximate surface area is 208 Å². The third kappa shape index (κ3) is 4.51. The van der Waals surface area contributed by atoms with E-state index in [0.29, 0.717) is 0 Å². The second-order valence-corrected chi connectivity index (χ2v) is 8.95. The first kappa shape index (κ1) is 23.8. The van der Waals surface area contributed by atoms with Crippen molar-refractivity contribution in [3.63, 3.8) is 0 Å². The normalized spacial score (nSPS) is 13.4. The van der Waals surface area contributed by atoms with E-state index in [9.17, 15) is 9.59 Å². The highest BCUT2D eigenvalue weighted by molar-refractivity contribution is 9.10. The van der Waals surface area contributed by atoms with Gasteiger partial charge in [-0.2, -0.15) is 0 Å². The molecule has 0 radical (unpaired) electrons. The molecule has 1 aliphatic rings. The fourth-order valence-corrected chi connectivity index (χ4v) is 4.96. The van der Waals surface area contributed by atoms with Gasteiger partial charge in [0.1, 0.15) is 0 Å².